The molecular formula is C17H25N3O5S. The first kappa shape index (κ1) is 18.6. The van der Waals surface area contributed by atoms with E-state index in [2.05, 4.69) is 10.2 Å². The molecule has 0 spiro atoms. The molecule has 2 amide bonds. The minimum atomic E-state index is -3.00. The minimum absolute atomic E-state index is 0.0414. The van der Waals surface area contributed by atoms with Crippen LogP contribution in [0.1, 0.15) is 6.42 Å². The molecule has 3 rings (SSSR count). The number of anilines is 1. The van der Waals surface area contributed by atoms with Crippen molar-refractivity contribution in [2.24, 2.45) is 0 Å². The molecule has 1 aromatic carbocycles. The monoisotopic (exact) mass is 383 g/mol. The van der Waals surface area contributed by atoms with Crippen LogP contribution in [0.3, 0.4) is 0 Å². The highest BCUT2D eigenvalue weighted by molar-refractivity contribution is 7.91. The van der Waals surface area contributed by atoms with Crippen molar-refractivity contribution < 1.29 is 22.7 Å². The lowest BCUT2D eigenvalue weighted by atomic mass is 10.2. The van der Waals surface area contributed by atoms with E-state index in [1.807, 2.05) is 18.2 Å². The predicted octanol–water partition coefficient (Wildman–Crippen LogP) is 0.723. The Morgan fingerprint density at radius 2 is 1.88 bits per heavy atom. The van der Waals surface area contributed by atoms with Crippen molar-refractivity contribution in [3.8, 4) is 11.5 Å². The zero-order chi connectivity index (χ0) is 18.7. The molecule has 0 bridgehead atoms. The number of sulfone groups is 1. The Kier molecular flexibility index (Phi) is 5.45. The third kappa shape index (κ3) is 4.14. The molecule has 9 heteroatoms. The van der Waals surface area contributed by atoms with E-state index < -0.39 is 9.84 Å². The molecule has 8 nitrogen and oxygen atoms in total. The van der Waals surface area contributed by atoms with Crippen LogP contribution in [0, 0.1) is 0 Å². The van der Waals surface area contributed by atoms with Crippen molar-refractivity contribution in [2.45, 2.75) is 12.5 Å². The number of rotatable bonds is 4. The van der Waals surface area contributed by atoms with Gasteiger partial charge in [0, 0.05) is 38.3 Å². The summed E-state index contributed by atoms with van der Waals surface area (Å²) in [5.41, 5.74) is 0.939. The van der Waals surface area contributed by atoms with E-state index in [9.17, 15) is 13.2 Å². The van der Waals surface area contributed by atoms with E-state index in [0.717, 1.165) is 17.2 Å². The lowest BCUT2D eigenvalue weighted by Crippen LogP contribution is -2.53. The molecule has 1 aromatic rings. The summed E-state index contributed by atoms with van der Waals surface area (Å²) in [6.07, 6.45) is 0.495. The van der Waals surface area contributed by atoms with Crippen LogP contribution >= 0.6 is 0 Å². The Balaban J connectivity index is 1.58. The highest BCUT2D eigenvalue weighted by Crippen LogP contribution is 2.32. The van der Waals surface area contributed by atoms with E-state index >= 15 is 0 Å². The number of nitrogens with one attached hydrogen (secondary N) is 1. The Morgan fingerprint density at radius 1 is 1.15 bits per heavy atom. The number of amides is 2. The second kappa shape index (κ2) is 7.61. The topological polar surface area (TPSA) is 88.2 Å². The maximum absolute atomic E-state index is 12.4. The average Bonchev–Trinajstić information content (AvgIpc) is 2.99. The molecule has 0 saturated carbocycles. The number of carbonyl (C=O) groups is 1. The van der Waals surface area contributed by atoms with E-state index in [0.29, 0.717) is 32.6 Å². The van der Waals surface area contributed by atoms with Gasteiger partial charge in [0.15, 0.2) is 9.84 Å². The zero-order valence-electron chi connectivity index (χ0n) is 15.1. The molecule has 2 aliphatic heterocycles. The Labute approximate surface area is 154 Å². The van der Waals surface area contributed by atoms with Crippen LogP contribution in [-0.2, 0) is 9.84 Å². The van der Waals surface area contributed by atoms with Gasteiger partial charge in [-0.3, -0.25) is 0 Å². The summed E-state index contributed by atoms with van der Waals surface area (Å²) in [6, 6.07) is 5.18. The van der Waals surface area contributed by atoms with Gasteiger partial charge in [-0.1, -0.05) is 0 Å². The van der Waals surface area contributed by atoms with Gasteiger partial charge in [-0.05, 0) is 18.6 Å². The van der Waals surface area contributed by atoms with Crippen LogP contribution in [-0.4, -0.2) is 77.3 Å². The van der Waals surface area contributed by atoms with Crippen LogP contribution in [0.25, 0.3) is 0 Å². The highest BCUT2D eigenvalue weighted by Gasteiger charge is 2.31. The van der Waals surface area contributed by atoms with Gasteiger partial charge in [-0.25, -0.2) is 13.2 Å². The largest absolute Gasteiger partial charge is 0.497 e. The van der Waals surface area contributed by atoms with Gasteiger partial charge in [-0.2, -0.15) is 0 Å². The quantitative estimate of drug-likeness (QED) is 0.824. The van der Waals surface area contributed by atoms with Crippen molar-refractivity contribution in [1.82, 2.24) is 10.2 Å². The van der Waals surface area contributed by atoms with Crippen molar-refractivity contribution >= 4 is 21.6 Å². The Hall–Kier alpha value is -2.16. The lowest BCUT2D eigenvalue weighted by molar-refractivity contribution is 0.191. The molecule has 1 atom stereocenters. The number of hydrogen-bond donors (Lipinski definition) is 1. The molecule has 2 fully saturated rings. The standard InChI is InChI=1S/C17H25N3O5S/c1-24-14-3-4-16(25-2)15(11-14)19-6-8-20(9-7-19)17(21)18-13-5-10-26(22,23)12-13/h3-4,11,13H,5-10,12H2,1-2H3,(H,18,21). The van der Waals surface area contributed by atoms with Crippen molar-refractivity contribution in [3.63, 3.8) is 0 Å². The van der Waals surface area contributed by atoms with Gasteiger partial charge in [0.1, 0.15) is 11.5 Å². The van der Waals surface area contributed by atoms with Crippen LogP contribution in [0.5, 0.6) is 11.5 Å². The van der Waals surface area contributed by atoms with E-state index in [-0.39, 0.29) is 23.6 Å². The molecule has 0 aliphatic carbocycles. The molecule has 1 unspecified atom stereocenters. The second-order valence-electron chi connectivity index (χ2n) is 6.56. The SMILES string of the molecule is COc1ccc(OC)c(N2CCN(C(=O)NC3CCS(=O)(=O)C3)CC2)c1. The van der Waals surface area contributed by atoms with Gasteiger partial charge >= 0.3 is 6.03 Å². The maximum Gasteiger partial charge on any atom is 0.317 e. The van der Waals surface area contributed by atoms with Crippen molar-refractivity contribution in [1.29, 1.82) is 0 Å². The van der Waals surface area contributed by atoms with E-state index in [1.54, 1.807) is 19.1 Å². The number of benzene rings is 1. The molecule has 0 radical (unpaired) electrons. The number of carbonyl (C=O) groups excluding carboxylic acids is 1. The average molecular weight is 383 g/mol. The molecule has 2 saturated heterocycles. The number of ether oxygens (including phenoxy) is 2. The first-order chi connectivity index (χ1) is 12.4. The number of hydrogen-bond acceptors (Lipinski definition) is 6. The Morgan fingerprint density at radius 3 is 2.46 bits per heavy atom. The fraction of sp³-hybridized carbons (Fsp3) is 0.588. The summed E-state index contributed by atoms with van der Waals surface area (Å²) in [7, 11) is 0.254. The zero-order valence-corrected chi connectivity index (χ0v) is 15.9. The summed E-state index contributed by atoms with van der Waals surface area (Å²) >= 11 is 0. The van der Waals surface area contributed by atoms with Crippen molar-refractivity contribution in [3.05, 3.63) is 18.2 Å². The molecule has 26 heavy (non-hydrogen) atoms. The fourth-order valence-electron chi connectivity index (χ4n) is 3.37. The van der Waals surface area contributed by atoms with Gasteiger partial charge in [0.25, 0.3) is 0 Å². The third-order valence-corrected chi connectivity index (χ3v) is 6.62. The van der Waals surface area contributed by atoms with Crippen LogP contribution in [0.4, 0.5) is 10.5 Å². The predicted molar refractivity (Wildman–Crippen MR) is 98.9 cm³/mol. The minimum Gasteiger partial charge on any atom is -0.497 e. The summed E-state index contributed by atoms with van der Waals surface area (Å²) in [4.78, 5) is 16.3. The number of nitrogens with zero attached hydrogens (tertiary/aromatic N) is 2. The van der Waals surface area contributed by atoms with E-state index in [4.69, 9.17) is 9.47 Å². The van der Waals surface area contributed by atoms with E-state index in [1.165, 1.54) is 0 Å². The molecule has 144 valence electrons. The van der Waals surface area contributed by atoms with Gasteiger partial charge in [0.2, 0.25) is 0 Å². The molecule has 0 aromatic heterocycles. The van der Waals surface area contributed by atoms with Crippen LogP contribution < -0.4 is 19.7 Å². The summed E-state index contributed by atoms with van der Waals surface area (Å²) < 4.78 is 33.8. The fourth-order valence-corrected chi connectivity index (χ4v) is 5.04. The normalized spacial score (nSPS) is 22.2. The summed E-state index contributed by atoms with van der Waals surface area (Å²) in [5, 5.41) is 2.84. The number of urea groups is 1. The molecule has 2 heterocycles. The second-order valence-corrected chi connectivity index (χ2v) is 8.79. The third-order valence-electron chi connectivity index (χ3n) is 4.85. The molecular weight excluding hydrogens is 358 g/mol. The van der Waals surface area contributed by atoms with Crippen LogP contribution in [0.2, 0.25) is 0 Å². The molecule has 1 N–H and O–H groups in total. The number of methoxy groups -OCH3 is 2. The lowest BCUT2D eigenvalue weighted by Gasteiger charge is -2.37. The van der Waals surface area contributed by atoms with Gasteiger partial charge in [0.05, 0.1) is 31.4 Å². The number of piperazine rings is 1. The van der Waals surface area contributed by atoms with Gasteiger partial charge in [-0.15, -0.1) is 0 Å². The highest BCUT2D eigenvalue weighted by atomic mass is 32.2. The van der Waals surface area contributed by atoms with Gasteiger partial charge < -0.3 is 24.6 Å². The van der Waals surface area contributed by atoms with Crippen LogP contribution in [0.15, 0.2) is 18.2 Å². The van der Waals surface area contributed by atoms with Crippen molar-refractivity contribution in [2.75, 3.05) is 56.8 Å². The first-order valence-corrected chi connectivity index (χ1v) is 10.5. The molecule has 2 aliphatic rings. The first-order valence-electron chi connectivity index (χ1n) is 8.64. The smallest absolute Gasteiger partial charge is 0.317 e. The summed E-state index contributed by atoms with van der Waals surface area (Å²) in [6.45, 7) is 2.46. The maximum atomic E-state index is 12.4. The summed E-state index contributed by atoms with van der Waals surface area (Å²) in [5.74, 6) is 1.71. The Bertz CT molecular complexity index is 760.